The number of aryl methyl sites for hydroxylation is 1. The van der Waals surface area contributed by atoms with Gasteiger partial charge in [0.2, 0.25) is 0 Å². The Morgan fingerprint density at radius 2 is 1.90 bits per heavy atom. The zero-order valence-electron chi connectivity index (χ0n) is 11.7. The largest absolute Gasteiger partial charge is 0.257 e. The van der Waals surface area contributed by atoms with E-state index < -0.39 is 0 Å². The number of benzene rings is 1. The van der Waals surface area contributed by atoms with Crippen LogP contribution >= 0.6 is 15.9 Å². The molecule has 1 aromatic carbocycles. The van der Waals surface area contributed by atoms with Crippen molar-refractivity contribution < 1.29 is 4.39 Å². The Balaban J connectivity index is 1.82. The molecule has 2 aromatic rings. The van der Waals surface area contributed by atoms with Crippen LogP contribution in [-0.2, 0) is 0 Å². The van der Waals surface area contributed by atoms with Crippen LogP contribution in [-0.4, -0.2) is 4.98 Å². The molecular weight excluding hydrogens is 329 g/mol. The topological polar surface area (TPSA) is 12.9 Å². The number of aromatic nitrogens is 1. The van der Waals surface area contributed by atoms with Crippen LogP contribution in [0.3, 0.4) is 0 Å². The summed E-state index contributed by atoms with van der Waals surface area (Å²) in [6, 6.07) is 11.2. The van der Waals surface area contributed by atoms with Gasteiger partial charge in [-0.05, 0) is 53.1 Å². The van der Waals surface area contributed by atoms with Crippen LogP contribution in [0.25, 0.3) is 0 Å². The summed E-state index contributed by atoms with van der Waals surface area (Å²) in [5, 5.41) is 0. The number of nitrogens with zero attached hydrogens (tertiary/aromatic N) is 1. The summed E-state index contributed by atoms with van der Waals surface area (Å²) >= 11 is 3.72. The van der Waals surface area contributed by atoms with Crippen LogP contribution in [0.1, 0.15) is 46.7 Å². The zero-order chi connectivity index (χ0) is 14.6. The van der Waals surface area contributed by atoms with Crippen LogP contribution in [0, 0.1) is 12.7 Å². The van der Waals surface area contributed by atoms with Gasteiger partial charge in [-0.15, -0.1) is 0 Å². The number of allylic oxidation sites excluding steroid dienone is 2. The second kappa shape index (κ2) is 4.77. The zero-order valence-corrected chi connectivity index (χ0v) is 13.3. The SMILES string of the molecule is Cc1ccc2c(n1)C1C=C(Br)C2CC1c1ccc(F)cc1. The molecule has 3 aliphatic rings. The third-order valence-corrected chi connectivity index (χ3v) is 5.50. The molecule has 3 atom stereocenters. The summed E-state index contributed by atoms with van der Waals surface area (Å²) in [5.41, 5.74) is 4.81. The molecule has 3 aliphatic carbocycles. The van der Waals surface area contributed by atoms with E-state index >= 15 is 0 Å². The van der Waals surface area contributed by atoms with E-state index in [1.54, 1.807) is 12.1 Å². The highest BCUT2D eigenvalue weighted by Gasteiger charge is 2.41. The van der Waals surface area contributed by atoms with Crippen molar-refractivity contribution in [1.29, 1.82) is 0 Å². The van der Waals surface area contributed by atoms with Crippen LogP contribution < -0.4 is 0 Å². The highest BCUT2D eigenvalue weighted by molar-refractivity contribution is 9.11. The second-order valence-electron chi connectivity index (χ2n) is 5.95. The number of rotatable bonds is 1. The Hall–Kier alpha value is -1.48. The van der Waals surface area contributed by atoms with Crippen LogP contribution in [0.5, 0.6) is 0 Å². The van der Waals surface area contributed by atoms with E-state index in [0.717, 1.165) is 12.1 Å². The number of halogens is 2. The smallest absolute Gasteiger partial charge is 0.123 e. The summed E-state index contributed by atoms with van der Waals surface area (Å²) in [6.45, 7) is 2.04. The van der Waals surface area contributed by atoms with Gasteiger partial charge in [-0.25, -0.2) is 4.39 Å². The minimum atomic E-state index is -0.175. The summed E-state index contributed by atoms with van der Waals surface area (Å²) in [7, 11) is 0. The van der Waals surface area contributed by atoms with Crippen molar-refractivity contribution in [2.75, 3.05) is 0 Å². The molecule has 3 unspecified atom stereocenters. The molecule has 0 saturated carbocycles. The molecule has 0 N–H and O–H groups in total. The van der Waals surface area contributed by atoms with E-state index in [4.69, 9.17) is 4.98 Å². The molecule has 0 radical (unpaired) electrons. The van der Waals surface area contributed by atoms with Crippen molar-refractivity contribution in [3.8, 4) is 0 Å². The lowest BCUT2D eigenvalue weighted by molar-refractivity contribution is 0.461. The van der Waals surface area contributed by atoms with Gasteiger partial charge in [0.25, 0.3) is 0 Å². The van der Waals surface area contributed by atoms with Gasteiger partial charge in [0.1, 0.15) is 5.82 Å². The highest BCUT2D eigenvalue weighted by Crippen LogP contribution is 2.56. The average Bonchev–Trinajstić information content (AvgIpc) is 2.48. The lowest BCUT2D eigenvalue weighted by Gasteiger charge is -2.41. The van der Waals surface area contributed by atoms with E-state index in [0.29, 0.717) is 11.8 Å². The molecule has 1 nitrogen and oxygen atoms in total. The van der Waals surface area contributed by atoms with Crippen LogP contribution in [0.15, 0.2) is 47.0 Å². The molecule has 0 fully saturated rings. The monoisotopic (exact) mass is 343 g/mol. The number of hydrogen-bond acceptors (Lipinski definition) is 1. The van der Waals surface area contributed by atoms with Crippen molar-refractivity contribution in [3.63, 3.8) is 0 Å². The quantitative estimate of drug-likeness (QED) is 0.695. The predicted molar refractivity (Wildman–Crippen MR) is 85.2 cm³/mol. The maximum absolute atomic E-state index is 13.2. The minimum Gasteiger partial charge on any atom is -0.257 e. The van der Waals surface area contributed by atoms with Gasteiger partial charge in [0.05, 0.1) is 5.69 Å². The van der Waals surface area contributed by atoms with E-state index in [1.165, 1.54) is 21.3 Å². The lowest BCUT2D eigenvalue weighted by Crippen LogP contribution is -2.27. The van der Waals surface area contributed by atoms with Gasteiger partial charge in [-0.3, -0.25) is 4.98 Å². The Bertz CT molecular complexity index is 735. The fourth-order valence-corrected chi connectivity index (χ4v) is 4.38. The maximum Gasteiger partial charge on any atom is 0.123 e. The fourth-order valence-electron chi connectivity index (χ4n) is 3.66. The molecule has 1 heterocycles. The minimum absolute atomic E-state index is 0.175. The number of pyridine rings is 1. The number of hydrogen-bond donors (Lipinski definition) is 0. The third kappa shape index (κ3) is 2.06. The van der Waals surface area contributed by atoms with E-state index in [2.05, 4.69) is 34.1 Å². The van der Waals surface area contributed by atoms with E-state index in [9.17, 15) is 4.39 Å². The molecule has 3 heteroatoms. The summed E-state index contributed by atoms with van der Waals surface area (Å²) in [4.78, 5) is 4.78. The van der Waals surface area contributed by atoms with Gasteiger partial charge in [0.15, 0.2) is 0 Å². The van der Waals surface area contributed by atoms with Gasteiger partial charge in [0, 0.05) is 17.5 Å². The molecule has 0 spiro atoms. The Labute approximate surface area is 132 Å². The standard InChI is InChI=1S/C18H15BrFN/c1-10-2-7-13-15-8-14(11-3-5-12(20)6-4-11)16(9-17(15)19)18(13)21-10/h2-7,9,14-16H,8H2,1H3. The van der Waals surface area contributed by atoms with Crippen molar-refractivity contribution in [2.24, 2.45) is 0 Å². The molecule has 1 aromatic heterocycles. The molecular formula is C18H15BrFN. The van der Waals surface area contributed by atoms with Gasteiger partial charge < -0.3 is 0 Å². The van der Waals surface area contributed by atoms with Gasteiger partial charge in [-0.2, -0.15) is 0 Å². The third-order valence-electron chi connectivity index (χ3n) is 4.68. The molecule has 2 bridgehead atoms. The Morgan fingerprint density at radius 1 is 1.14 bits per heavy atom. The molecule has 5 rings (SSSR count). The second-order valence-corrected chi connectivity index (χ2v) is 6.87. The van der Waals surface area contributed by atoms with Gasteiger partial charge >= 0.3 is 0 Å². The maximum atomic E-state index is 13.2. The highest BCUT2D eigenvalue weighted by atomic mass is 79.9. The first kappa shape index (κ1) is 13.2. The summed E-state index contributed by atoms with van der Waals surface area (Å²) in [6.07, 6.45) is 3.35. The molecule has 0 saturated heterocycles. The molecule has 0 aliphatic heterocycles. The fraction of sp³-hybridized carbons (Fsp3) is 0.278. The van der Waals surface area contributed by atoms with Gasteiger partial charge in [-0.1, -0.05) is 40.2 Å². The number of fused-ring (bicyclic) bond motifs is 1. The van der Waals surface area contributed by atoms with Crippen molar-refractivity contribution >= 4 is 15.9 Å². The predicted octanol–water partition coefficient (Wildman–Crippen LogP) is 5.18. The van der Waals surface area contributed by atoms with Crippen molar-refractivity contribution in [2.45, 2.75) is 31.1 Å². The van der Waals surface area contributed by atoms with Crippen LogP contribution in [0.4, 0.5) is 4.39 Å². The summed E-state index contributed by atoms with van der Waals surface area (Å²) in [5.74, 6) is 0.877. The first-order valence-corrected chi connectivity index (χ1v) is 8.03. The first-order valence-electron chi connectivity index (χ1n) is 7.23. The van der Waals surface area contributed by atoms with Crippen LogP contribution in [0.2, 0.25) is 0 Å². The Morgan fingerprint density at radius 3 is 2.67 bits per heavy atom. The van der Waals surface area contributed by atoms with E-state index in [1.807, 2.05) is 19.1 Å². The normalized spacial score (nSPS) is 26.4. The molecule has 21 heavy (non-hydrogen) atoms. The van der Waals surface area contributed by atoms with E-state index in [-0.39, 0.29) is 11.7 Å². The van der Waals surface area contributed by atoms with Crippen molar-refractivity contribution in [3.05, 3.63) is 75.3 Å². The average molecular weight is 344 g/mol. The summed E-state index contributed by atoms with van der Waals surface area (Å²) < 4.78 is 14.4. The Kier molecular flexibility index (Phi) is 3.00. The van der Waals surface area contributed by atoms with Crippen molar-refractivity contribution in [1.82, 2.24) is 4.98 Å². The lowest BCUT2D eigenvalue weighted by atomic mass is 9.65. The molecule has 106 valence electrons. The first-order chi connectivity index (χ1) is 10.1. The molecule has 0 amide bonds.